The Balaban J connectivity index is 3.04. The number of carbonyl (C=O) groups is 1. The van der Waals surface area contributed by atoms with E-state index in [4.69, 9.17) is 9.47 Å². The highest BCUT2D eigenvalue weighted by Gasteiger charge is 2.25. The van der Waals surface area contributed by atoms with Crippen LogP contribution in [0.25, 0.3) is 0 Å². The molecule has 7 heteroatoms. The topological polar surface area (TPSA) is 90.7 Å². The van der Waals surface area contributed by atoms with Crippen molar-refractivity contribution in [3.8, 4) is 11.5 Å². The van der Waals surface area contributed by atoms with E-state index in [1.54, 1.807) is 0 Å². The lowest BCUT2D eigenvalue weighted by atomic mass is 10.0. The van der Waals surface area contributed by atoms with Gasteiger partial charge in [0.05, 0.1) is 25.2 Å². The van der Waals surface area contributed by atoms with Gasteiger partial charge < -0.3 is 14.8 Å². The Labute approximate surface area is 136 Å². The molecule has 1 amide bonds. The fourth-order valence-corrected chi connectivity index (χ4v) is 2.16. The van der Waals surface area contributed by atoms with Crippen molar-refractivity contribution in [3.63, 3.8) is 0 Å². The van der Waals surface area contributed by atoms with Gasteiger partial charge in [-0.2, -0.15) is 0 Å². The lowest BCUT2D eigenvalue weighted by Gasteiger charge is -2.16. The van der Waals surface area contributed by atoms with Crippen molar-refractivity contribution in [2.75, 3.05) is 14.2 Å². The van der Waals surface area contributed by atoms with Crippen LogP contribution in [0.3, 0.4) is 0 Å². The van der Waals surface area contributed by atoms with Crippen LogP contribution in [0.4, 0.5) is 5.69 Å². The molecular formula is C16H24N2O5. The molecule has 0 saturated carbocycles. The summed E-state index contributed by atoms with van der Waals surface area (Å²) in [5.41, 5.74) is -0.347. The number of rotatable bonds is 8. The van der Waals surface area contributed by atoms with Crippen LogP contribution in [0.15, 0.2) is 12.1 Å². The van der Waals surface area contributed by atoms with Gasteiger partial charge in [0, 0.05) is 12.1 Å². The van der Waals surface area contributed by atoms with Crippen LogP contribution in [0.1, 0.15) is 44.0 Å². The zero-order valence-electron chi connectivity index (χ0n) is 14.2. The number of hydrogen-bond donors (Lipinski definition) is 1. The van der Waals surface area contributed by atoms with Crippen LogP contribution in [-0.4, -0.2) is 31.1 Å². The van der Waals surface area contributed by atoms with Gasteiger partial charge in [-0.1, -0.05) is 13.8 Å². The van der Waals surface area contributed by atoms with Gasteiger partial charge in [-0.25, -0.2) is 0 Å². The van der Waals surface area contributed by atoms with Crippen LogP contribution in [0.2, 0.25) is 0 Å². The number of methoxy groups -OCH3 is 2. The number of amides is 1. The molecular weight excluding hydrogens is 300 g/mol. The first-order chi connectivity index (χ1) is 10.8. The monoisotopic (exact) mass is 324 g/mol. The van der Waals surface area contributed by atoms with E-state index in [-0.39, 0.29) is 28.8 Å². The zero-order valence-corrected chi connectivity index (χ0v) is 14.2. The summed E-state index contributed by atoms with van der Waals surface area (Å²) in [6.45, 7) is 6.09. The number of nitrogens with one attached hydrogen (secondary N) is 1. The van der Waals surface area contributed by atoms with Gasteiger partial charge in [-0.05, 0) is 25.7 Å². The summed E-state index contributed by atoms with van der Waals surface area (Å²) in [5.74, 6) is 0.528. The molecule has 1 aromatic carbocycles. The minimum Gasteiger partial charge on any atom is -0.493 e. The zero-order chi connectivity index (χ0) is 17.6. The second kappa shape index (κ2) is 8.36. The highest BCUT2D eigenvalue weighted by molar-refractivity contribution is 5.99. The summed E-state index contributed by atoms with van der Waals surface area (Å²) in [5, 5.41) is 14.0. The molecule has 1 rings (SSSR count). The van der Waals surface area contributed by atoms with Gasteiger partial charge in [-0.15, -0.1) is 0 Å². The molecule has 0 saturated heterocycles. The lowest BCUT2D eigenvalue weighted by molar-refractivity contribution is -0.385. The van der Waals surface area contributed by atoms with Gasteiger partial charge in [0.2, 0.25) is 0 Å². The molecule has 0 spiro atoms. The van der Waals surface area contributed by atoms with Crippen LogP contribution in [0.5, 0.6) is 11.5 Å². The smallest absolute Gasteiger partial charge is 0.286 e. The van der Waals surface area contributed by atoms with E-state index in [1.807, 2.05) is 6.92 Å². The van der Waals surface area contributed by atoms with Gasteiger partial charge in [0.15, 0.2) is 11.5 Å². The second-order valence-electron chi connectivity index (χ2n) is 5.83. The SMILES string of the molecule is COc1cc(C(=O)NC(C)CCC(C)C)c([N+](=O)[O-])cc1OC. The maximum absolute atomic E-state index is 12.4. The molecule has 0 aliphatic heterocycles. The molecule has 1 N–H and O–H groups in total. The van der Waals surface area contributed by atoms with Crippen molar-refractivity contribution in [1.82, 2.24) is 5.32 Å². The van der Waals surface area contributed by atoms with E-state index in [0.717, 1.165) is 12.8 Å². The van der Waals surface area contributed by atoms with Crippen molar-refractivity contribution < 1.29 is 19.2 Å². The summed E-state index contributed by atoms with van der Waals surface area (Å²) in [7, 11) is 2.80. The third kappa shape index (κ3) is 5.12. The number of benzene rings is 1. The Kier molecular flexibility index (Phi) is 6.81. The highest BCUT2D eigenvalue weighted by atomic mass is 16.6. The number of carbonyl (C=O) groups excluding carboxylic acids is 1. The molecule has 1 atom stereocenters. The highest BCUT2D eigenvalue weighted by Crippen LogP contribution is 2.34. The Morgan fingerprint density at radius 3 is 2.22 bits per heavy atom. The molecule has 0 aliphatic carbocycles. The molecule has 0 radical (unpaired) electrons. The van der Waals surface area contributed by atoms with E-state index in [0.29, 0.717) is 5.92 Å². The minimum atomic E-state index is -0.602. The third-order valence-corrected chi connectivity index (χ3v) is 3.50. The van der Waals surface area contributed by atoms with E-state index < -0.39 is 10.8 Å². The molecule has 7 nitrogen and oxygen atoms in total. The molecule has 0 aliphatic rings. The van der Waals surface area contributed by atoms with E-state index in [9.17, 15) is 14.9 Å². The lowest BCUT2D eigenvalue weighted by Crippen LogP contribution is -2.33. The molecule has 0 bridgehead atoms. The van der Waals surface area contributed by atoms with Crippen molar-refractivity contribution in [2.24, 2.45) is 5.92 Å². The maximum atomic E-state index is 12.4. The van der Waals surface area contributed by atoms with E-state index in [2.05, 4.69) is 19.2 Å². The summed E-state index contributed by atoms with van der Waals surface area (Å²) in [6, 6.07) is 2.46. The minimum absolute atomic E-state index is 0.0379. The maximum Gasteiger partial charge on any atom is 0.286 e. The first-order valence-electron chi connectivity index (χ1n) is 7.51. The summed E-state index contributed by atoms with van der Waals surface area (Å²) >= 11 is 0. The summed E-state index contributed by atoms with van der Waals surface area (Å²) in [6.07, 6.45) is 1.78. The quantitative estimate of drug-likeness (QED) is 0.586. The first-order valence-corrected chi connectivity index (χ1v) is 7.51. The number of ether oxygens (including phenoxy) is 2. The average molecular weight is 324 g/mol. The Bertz CT molecular complexity index is 572. The largest absolute Gasteiger partial charge is 0.493 e. The number of nitrogens with zero attached hydrogens (tertiary/aromatic N) is 1. The summed E-state index contributed by atoms with van der Waals surface area (Å²) in [4.78, 5) is 23.0. The van der Waals surface area contributed by atoms with Gasteiger partial charge in [0.1, 0.15) is 5.56 Å². The van der Waals surface area contributed by atoms with Crippen molar-refractivity contribution in [3.05, 3.63) is 27.8 Å². The second-order valence-corrected chi connectivity index (χ2v) is 5.83. The predicted molar refractivity (Wildman–Crippen MR) is 87.2 cm³/mol. The van der Waals surface area contributed by atoms with Crippen LogP contribution in [-0.2, 0) is 0 Å². The summed E-state index contributed by atoms with van der Waals surface area (Å²) < 4.78 is 10.2. The Morgan fingerprint density at radius 1 is 1.17 bits per heavy atom. The Morgan fingerprint density at radius 2 is 1.74 bits per heavy atom. The standard InChI is InChI=1S/C16H24N2O5/c1-10(2)6-7-11(3)17-16(19)12-8-14(22-4)15(23-5)9-13(12)18(20)21/h8-11H,6-7H2,1-5H3,(H,17,19). The Hall–Kier alpha value is -2.31. The number of nitro groups is 1. The van der Waals surface area contributed by atoms with Crippen molar-refractivity contribution in [2.45, 2.75) is 39.7 Å². The molecule has 0 aromatic heterocycles. The normalized spacial score (nSPS) is 11.9. The van der Waals surface area contributed by atoms with Crippen LogP contribution >= 0.6 is 0 Å². The molecule has 1 unspecified atom stereocenters. The van der Waals surface area contributed by atoms with Gasteiger partial charge in [0.25, 0.3) is 11.6 Å². The van der Waals surface area contributed by atoms with E-state index in [1.165, 1.54) is 26.4 Å². The van der Waals surface area contributed by atoms with Crippen molar-refractivity contribution >= 4 is 11.6 Å². The molecule has 128 valence electrons. The van der Waals surface area contributed by atoms with E-state index >= 15 is 0 Å². The first kappa shape index (κ1) is 18.7. The predicted octanol–water partition coefficient (Wildman–Crippen LogP) is 3.17. The molecule has 1 aromatic rings. The van der Waals surface area contributed by atoms with Gasteiger partial charge in [-0.3, -0.25) is 14.9 Å². The molecule has 23 heavy (non-hydrogen) atoms. The third-order valence-electron chi connectivity index (χ3n) is 3.50. The molecule has 0 heterocycles. The van der Waals surface area contributed by atoms with Gasteiger partial charge >= 0.3 is 0 Å². The fraction of sp³-hybridized carbons (Fsp3) is 0.562. The van der Waals surface area contributed by atoms with Crippen LogP contribution in [0, 0.1) is 16.0 Å². The molecule has 0 fully saturated rings. The average Bonchev–Trinajstić information content (AvgIpc) is 2.51. The number of hydrogen-bond acceptors (Lipinski definition) is 5. The number of nitro benzene ring substituents is 1. The van der Waals surface area contributed by atoms with Crippen LogP contribution < -0.4 is 14.8 Å². The fourth-order valence-electron chi connectivity index (χ4n) is 2.16. The van der Waals surface area contributed by atoms with Crippen molar-refractivity contribution in [1.29, 1.82) is 0 Å².